The molecule has 1 aliphatic rings. The third kappa shape index (κ3) is 5.33. The molecule has 0 aliphatic carbocycles. The molecule has 1 fully saturated rings. The van der Waals surface area contributed by atoms with Crippen molar-refractivity contribution in [2.45, 2.75) is 33.6 Å². The zero-order valence-corrected chi connectivity index (χ0v) is 19.8. The molecule has 2 heterocycles. The van der Waals surface area contributed by atoms with E-state index >= 15 is 0 Å². The van der Waals surface area contributed by atoms with E-state index in [1.54, 1.807) is 6.33 Å². The second-order valence-electron chi connectivity index (χ2n) is 8.57. The van der Waals surface area contributed by atoms with Crippen LogP contribution in [0.25, 0.3) is 11.3 Å². The molecule has 1 aromatic heterocycles. The highest BCUT2D eigenvalue weighted by atomic mass is 16.1. The highest BCUT2D eigenvalue weighted by Crippen LogP contribution is 2.27. The number of aromatic nitrogens is 2. The molecule has 172 valence electrons. The Kier molecular flexibility index (Phi) is 7.23. The first-order chi connectivity index (χ1) is 16.1. The molecule has 1 aliphatic heterocycles. The number of rotatable bonds is 7. The summed E-state index contributed by atoms with van der Waals surface area (Å²) >= 11 is 0. The van der Waals surface area contributed by atoms with E-state index in [0.717, 1.165) is 60.8 Å². The lowest BCUT2D eigenvalue weighted by molar-refractivity contribution is -0.120. The number of carbonyl (C=O) groups excluding carboxylic acids is 1. The summed E-state index contributed by atoms with van der Waals surface area (Å²) < 4.78 is 0. The standard InChI is InChI=1S/C27H33N5O/c1-4-31(5-2)23-13-14-24(20(3)16-23)30-27(33)22-12-9-15-32(18-22)26-17-25(28-19-29-26)21-10-7-6-8-11-21/h6-8,10-11,13-14,16-17,19,22H,4-5,9,12,15,18H2,1-3H3,(H,30,33). The zero-order chi connectivity index (χ0) is 23.2. The molecule has 6 heteroatoms. The number of carbonyl (C=O) groups is 1. The van der Waals surface area contributed by atoms with Crippen LogP contribution in [0.1, 0.15) is 32.3 Å². The van der Waals surface area contributed by atoms with Crippen LogP contribution in [0.4, 0.5) is 17.2 Å². The van der Waals surface area contributed by atoms with Crippen LogP contribution in [0.3, 0.4) is 0 Å². The number of aryl methyl sites for hydroxylation is 1. The zero-order valence-electron chi connectivity index (χ0n) is 19.8. The highest BCUT2D eigenvalue weighted by Gasteiger charge is 2.27. The number of anilines is 3. The first-order valence-electron chi connectivity index (χ1n) is 11.9. The molecule has 1 atom stereocenters. The molecular formula is C27H33N5O. The molecule has 33 heavy (non-hydrogen) atoms. The van der Waals surface area contributed by atoms with Gasteiger partial charge in [-0.3, -0.25) is 4.79 Å². The number of nitrogens with one attached hydrogen (secondary N) is 1. The van der Waals surface area contributed by atoms with E-state index < -0.39 is 0 Å². The molecule has 0 bridgehead atoms. The maximum atomic E-state index is 13.1. The third-order valence-corrected chi connectivity index (χ3v) is 6.43. The van der Waals surface area contributed by atoms with Gasteiger partial charge in [-0.2, -0.15) is 0 Å². The quantitative estimate of drug-likeness (QED) is 0.547. The van der Waals surface area contributed by atoms with E-state index in [2.05, 4.69) is 58.0 Å². The fourth-order valence-electron chi connectivity index (χ4n) is 4.49. The van der Waals surface area contributed by atoms with Crippen LogP contribution in [0.5, 0.6) is 0 Å². The van der Waals surface area contributed by atoms with Crippen LogP contribution in [0.15, 0.2) is 60.9 Å². The van der Waals surface area contributed by atoms with E-state index in [9.17, 15) is 4.79 Å². The SMILES string of the molecule is CCN(CC)c1ccc(NC(=O)C2CCCN(c3cc(-c4ccccc4)ncn3)C2)c(C)c1. The second-order valence-corrected chi connectivity index (χ2v) is 8.57. The van der Waals surface area contributed by atoms with Crippen molar-refractivity contribution >= 4 is 23.1 Å². The summed E-state index contributed by atoms with van der Waals surface area (Å²) in [5.41, 5.74) is 5.13. The van der Waals surface area contributed by atoms with Crippen molar-refractivity contribution < 1.29 is 4.79 Å². The summed E-state index contributed by atoms with van der Waals surface area (Å²) in [7, 11) is 0. The molecule has 3 aromatic rings. The van der Waals surface area contributed by atoms with Crippen molar-refractivity contribution in [2.24, 2.45) is 5.92 Å². The predicted molar refractivity (Wildman–Crippen MR) is 136 cm³/mol. The number of nitrogens with zero attached hydrogens (tertiary/aromatic N) is 4. The van der Waals surface area contributed by atoms with Crippen LogP contribution in [-0.4, -0.2) is 42.1 Å². The lowest BCUT2D eigenvalue weighted by Crippen LogP contribution is -2.41. The van der Waals surface area contributed by atoms with Gasteiger partial charge >= 0.3 is 0 Å². The number of hydrogen-bond donors (Lipinski definition) is 1. The van der Waals surface area contributed by atoms with E-state index in [-0.39, 0.29) is 11.8 Å². The van der Waals surface area contributed by atoms with Gasteiger partial charge in [0.2, 0.25) is 5.91 Å². The maximum Gasteiger partial charge on any atom is 0.229 e. The van der Waals surface area contributed by atoms with Gasteiger partial charge in [0.15, 0.2) is 0 Å². The van der Waals surface area contributed by atoms with Gasteiger partial charge in [0, 0.05) is 49.2 Å². The van der Waals surface area contributed by atoms with E-state index in [4.69, 9.17) is 0 Å². The van der Waals surface area contributed by atoms with Crippen LogP contribution in [-0.2, 0) is 4.79 Å². The topological polar surface area (TPSA) is 61.4 Å². The Morgan fingerprint density at radius 1 is 1.09 bits per heavy atom. The predicted octanol–water partition coefficient (Wildman–Crippen LogP) is 5.15. The summed E-state index contributed by atoms with van der Waals surface area (Å²) in [6.07, 6.45) is 3.46. The summed E-state index contributed by atoms with van der Waals surface area (Å²) in [4.78, 5) is 26.6. The summed E-state index contributed by atoms with van der Waals surface area (Å²) in [6.45, 7) is 9.86. The van der Waals surface area contributed by atoms with Crippen LogP contribution in [0.2, 0.25) is 0 Å². The normalized spacial score (nSPS) is 15.8. The smallest absolute Gasteiger partial charge is 0.229 e. The Morgan fingerprint density at radius 2 is 1.88 bits per heavy atom. The lowest BCUT2D eigenvalue weighted by Gasteiger charge is -2.33. The molecule has 4 rings (SSSR count). The molecular weight excluding hydrogens is 410 g/mol. The number of amides is 1. The first-order valence-corrected chi connectivity index (χ1v) is 11.9. The Labute approximate surface area is 196 Å². The highest BCUT2D eigenvalue weighted by molar-refractivity contribution is 5.94. The van der Waals surface area contributed by atoms with Crippen LogP contribution < -0.4 is 15.1 Å². The summed E-state index contributed by atoms with van der Waals surface area (Å²) in [5, 5.41) is 3.17. The minimum absolute atomic E-state index is 0.0734. The van der Waals surface area contributed by atoms with Crippen molar-refractivity contribution in [3.8, 4) is 11.3 Å². The Morgan fingerprint density at radius 3 is 2.61 bits per heavy atom. The lowest BCUT2D eigenvalue weighted by atomic mass is 9.96. The Bertz CT molecular complexity index is 1080. The summed E-state index contributed by atoms with van der Waals surface area (Å²) in [6, 6.07) is 18.4. The van der Waals surface area contributed by atoms with Crippen molar-refractivity contribution in [1.29, 1.82) is 0 Å². The molecule has 1 unspecified atom stereocenters. The van der Waals surface area contributed by atoms with Crippen molar-refractivity contribution in [1.82, 2.24) is 9.97 Å². The van der Waals surface area contributed by atoms with Gasteiger partial charge in [0.05, 0.1) is 11.6 Å². The molecule has 0 radical (unpaired) electrons. The molecule has 1 N–H and O–H groups in total. The Hall–Kier alpha value is -3.41. The largest absolute Gasteiger partial charge is 0.372 e. The number of hydrogen-bond acceptors (Lipinski definition) is 5. The van der Waals surface area contributed by atoms with Gasteiger partial charge in [-0.15, -0.1) is 0 Å². The van der Waals surface area contributed by atoms with Crippen molar-refractivity contribution in [2.75, 3.05) is 41.3 Å². The monoisotopic (exact) mass is 443 g/mol. The average Bonchev–Trinajstić information content (AvgIpc) is 2.87. The minimum atomic E-state index is -0.0734. The molecule has 1 saturated heterocycles. The van der Waals surface area contributed by atoms with Gasteiger partial charge in [-0.25, -0.2) is 9.97 Å². The van der Waals surface area contributed by atoms with E-state index in [1.807, 2.05) is 42.5 Å². The average molecular weight is 444 g/mol. The van der Waals surface area contributed by atoms with Gasteiger partial charge in [-0.1, -0.05) is 30.3 Å². The first kappa shape index (κ1) is 22.8. The molecule has 1 amide bonds. The minimum Gasteiger partial charge on any atom is -0.372 e. The fraction of sp³-hybridized carbons (Fsp3) is 0.370. The van der Waals surface area contributed by atoms with Crippen LogP contribution >= 0.6 is 0 Å². The Balaban J connectivity index is 1.44. The molecule has 0 spiro atoms. The fourth-order valence-corrected chi connectivity index (χ4v) is 4.49. The maximum absolute atomic E-state index is 13.1. The number of piperidine rings is 1. The molecule has 0 saturated carbocycles. The van der Waals surface area contributed by atoms with Gasteiger partial charge < -0.3 is 15.1 Å². The van der Waals surface area contributed by atoms with E-state index in [0.29, 0.717) is 6.54 Å². The second kappa shape index (κ2) is 10.5. The van der Waals surface area contributed by atoms with Gasteiger partial charge in [-0.05, 0) is 57.4 Å². The molecule has 2 aromatic carbocycles. The van der Waals surface area contributed by atoms with E-state index in [1.165, 1.54) is 5.69 Å². The van der Waals surface area contributed by atoms with Gasteiger partial charge in [0.1, 0.15) is 12.1 Å². The molecule has 6 nitrogen and oxygen atoms in total. The van der Waals surface area contributed by atoms with Crippen molar-refractivity contribution in [3.05, 3.63) is 66.5 Å². The van der Waals surface area contributed by atoms with Crippen LogP contribution in [0, 0.1) is 12.8 Å². The van der Waals surface area contributed by atoms with Gasteiger partial charge in [0.25, 0.3) is 0 Å². The number of benzene rings is 2. The third-order valence-electron chi connectivity index (χ3n) is 6.43. The van der Waals surface area contributed by atoms with Crippen molar-refractivity contribution in [3.63, 3.8) is 0 Å². The summed E-state index contributed by atoms with van der Waals surface area (Å²) in [5.74, 6) is 0.882.